The molecule has 2 fully saturated rings. The summed E-state index contributed by atoms with van der Waals surface area (Å²) in [5.74, 6) is 3.66. The van der Waals surface area contributed by atoms with Gasteiger partial charge in [-0.2, -0.15) is 0 Å². The van der Waals surface area contributed by atoms with Gasteiger partial charge in [0.05, 0.1) is 5.38 Å². The third kappa shape index (κ3) is 2.17. The highest BCUT2D eigenvalue weighted by Crippen LogP contribution is 2.49. The van der Waals surface area contributed by atoms with E-state index in [-0.39, 0.29) is 5.38 Å². The zero-order valence-corrected chi connectivity index (χ0v) is 13.5. The Kier molecular flexibility index (Phi) is 3.21. The lowest BCUT2D eigenvalue weighted by atomic mass is 9.89. The maximum atomic E-state index is 6.39. The van der Waals surface area contributed by atoms with E-state index in [9.17, 15) is 0 Å². The summed E-state index contributed by atoms with van der Waals surface area (Å²) in [6.45, 7) is 5.15. The van der Waals surface area contributed by atoms with Gasteiger partial charge in [0.1, 0.15) is 11.3 Å². The van der Waals surface area contributed by atoms with Crippen molar-refractivity contribution in [1.29, 1.82) is 0 Å². The molecule has 0 aromatic carbocycles. The summed E-state index contributed by atoms with van der Waals surface area (Å²) in [7, 11) is 0. The third-order valence-corrected chi connectivity index (χ3v) is 5.72. The Morgan fingerprint density at radius 2 is 2.24 bits per heavy atom. The van der Waals surface area contributed by atoms with Crippen LogP contribution in [0.15, 0.2) is 12.3 Å². The molecule has 4 atom stereocenters. The molecule has 112 valence electrons. The van der Waals surface area contributed by atoms with Crippen molar-refractivity contribution < 1.29 is 0 Å². The van der Waals surface area contributed by atoms with Crippen LogP contribution in [0.4, 0.5) is 0 Å². The Balaban J connectivity index is 1.75. The fourth-order valence-electron chi connectivity index (χ4n) is 4.47. The van der Waals surface area contributed by atoms with Crippen LogP contribution >= 0.6 is 11.6 Å². The fraction of sp³-hybridized carbons (Fsp3) is 0.647. The van der Waals surface area contributed by atoms with Crippen molar-refractivity contribution >= 4 is 22.8 Å². The molecule has 4 unspecified atom stereocenters. The number of pyridine rings is 1. The first-order valence-corrected chi connectivity index (χ1v) is 8.53. The molecule has 2 aromatic rings. The SMILES string of the molecule is Cc1ccnc2c1nc(C(C)Cl)n2CC1CC2CCC1C2. The highest BCUT2D eigenvalue weighted by atomic mass is 35.5. The van der Waals surface area contributed by atoms with E-state index in [2.05, 4.69) is 16.5 Å². The van der Waals surface area contributed by atoms with Crippen LogP contribution in [0.25, 0.3) is 11.2 Å². The van der Waals surface area contributed by atoms with Crippen LogP contribution in [0.3, 0.4) is 0 Å². The summed E-state index contributed by atoms with van der Waals surface area (Å²) < 4.78 is 2.30. The van der Waals surface area contributed by atoms with Crippen LogP contribution in [0.5, 0.6) is 0 Å². The minimum atomic E-state index is -0.0720. The van der Waals surface area contributed by atoms with Crippen molar-refractivity contribution in [2.75, 3.05) is 0 Å². The normalized spacial score (nSPS) is 29.4. The second kappa shape index (κ2) is 4.98. The van der Waals surface area contributed by atoms with E-state index in [1.165, 1.54) is 31.2 Å². The molecule has 3 nitrogen and oxygen atoms in total. The second-order valence-corrected chi connectivity index (χ2v) is 7.59. The zero-order chi connectivity index (χ0) is 14.6. The summed E-state index contributed by atoms with van der Waals surface area (Å²) in [5.41, 5.74) is 3.22. The molecule has 4 rings (SSSR count). The predicted octanol–water partition coefficient (Wildman–Crippen LogP) is 4.48. The van der Waals surface area contributed by atoms with Crippen molar-refractivity contribution in [2.45, 2.75) is 51.5 Å². The van der Waals surface area contributed by atoms with Crippen LogP contribution in [0.1, 0.15) is 49.4 Å². The van der Waals surface area contributed by atoms with E-state index in [4.69, 9.17) is 16.6 Å². The maximum Gasteiger partial charge on any atom is 0.160 e. The van der Waals surface area contributed by atoms with Gasteiger partial charge in [-0.1, -0.05) is 6.42 Å². The average Bonchev–Trinajstić information content (AvgIpc) is 3.14. The number of aryl methyl sites for hydroxylation is 1. The van der Waals surface area contributed by atoms with Crippen molar-refractivity contribution in [3.05, 3.63) is 23.7 Å². The quantitative estimate of drug-likeness (QED) is 0.783. The first-order chi connectivity index (χ1) is 10.1. The molecule has 2 aromatic heterocycles. The van der Waals surface area contributed by atoms with Gasteiger partial charge in [0.15, 0.2) is 5.65 Å². The number of rotatable bonds is 3. The maximum absolute atomic E-state index is 6.39. The van der Waals surface area contributed by atoms with E-state index in [1.54, 1.807) is 0 Å². The topological polar surface area (TPSA) is 30.7 Å². The molecule has 21 heavy (non-hydrogen) atoms. The molecule has 4 heteroatoms. The van der Waals surface area contributed by atoms with Crippen molar-refractivity contribution in [3.63, 3.8) is 0 Å². The monoisotopic (exact) mass is 303 g/mol. The van der Waals surface area contributed by atoms with E-state index < -0.39 is 0 Å². The van der Waals surface area contributed by atoms with E-state index in [0.717, 1.165) is 41.3 Å². The van der Waals surface area contributed by atoms with Crippen LogP contribution < -0.4 is 0 Å². The molecular weight excluding hydrogens is 282 g/mol. The van der Waals surface area contributed by atoms with Gasteiger partial charge in [0.25, 0.3) is 0 Å². The number of imidazole rings is 1. The lowest BCUT2D eigenvalue weighted by Gasteiger charge is -2.23. The fourth-order valence-corrected chi connectivity index (χ4v) is 4.64. The van der Waals surface area contributed by atoms with Gasteiger partial charge in [0.2, 0.25) is 0 Å². The molecule has 2 bridgehead atoms. The molecular formula is C17H22ClN3. The van der Waals surface area contributed by atoms with E-state index >= 15 is 0 Å². The van der Waals surface area contributed by atoms with Crippen LogP contribution in [-0.4, -0.2) is 14.5 Å². The first-order valence-electron chi connectivity index (χ1n) is 8.09. The largest absolute Gasteiger partial charge is 0.311 e. The third-order valence-electron chi connectivity index (χ3n) is 5.52. The molecule has 2 aliphatic rings. The molecule has 0 aliphatic heterocycles. The number of alkyl halides is 1. The Morgan fingerprint density at radius 1 is 1.38 bits per heavy atom. The zero-order valence-electron chi connectivity index (χ0n) is 12.7. The first kappa shape index (κ1) is 13.6. The molecule has 2 heterocycles. The second-order valence-electron chi connectivity index (χ2n) is 6.93. The van der Waals surface area contributed by atoms with Gasteiger partial charge in [-0.25, -0.2) is 9.97 Å². The highest BCUT2D eigenvalue weighted by Gasteiger charge is 2.40. The summed E-state index contributed by atoms with van der Waals surface area (Å²) in [6.07, 6.45) is 7.57. The van der Waals surface area contributed by atoms with Gasteiger partial charge in [-0.3, -0.25) is 0 Å². The lowest BCUT2D eigenvalue weighted by Crippen LogP contribution is -2.19. The minimum absolute atomic E-state index is 0.0720. The Labute approximate surface area is 130 Å². The molecule has 0 spiro atoms. The Morgan fingerprint density at radius 3 is 2.90 bits per heavy atom. The summed E-state index contributed by atoms with van der Waals surface area (Å²) in [6, 6.07) is 2.03. The molecule has 2 saturated carbocycles. The number of halogens is 1. The Bertz CT molecular complexity index is 676. The average molecular weight is 304 g/mol. The van der Waals surface area contributed by atoms with Gasteiger partial charge in [0, 0.05) is 12.7 Å². The van der Waals surface area contributed by atoms with Crippen molar-refractivity contribution in [1.82, 2.24) is 14.5 Å². The molecule has 0 saturated heterocycles. The number of hydrogen-bond donors (Lipinski definition) is 0. The van der Waals surface area contributed by atoms with E-state index in [0.29, 0.717) is 0 Å². The van der Waals surface area contributed by atoms with E-state index in [1.807, 2.05) is 19.2 Å². The van der Waals surface area contributed by atoms with Gasteiger partial charge in [-0.05, 0) is 62.5 Å². The standard InChI is InChI=1S/C17H22ClN3/c1-10-5-6-19-17-15(10)20-16(11(2)18)21(17)9-14-8-12-3-4-13(14)7-12/h5-6,11-14H,3-4,7-9H2,1-2H3. The smallest absolute Gasteiger partial charge is 0.160 e. The molecule has 0 radical (unpaired) electrons. The number of fused-ring (bicyclic) bond motifs is 3. The predicted molar refractivity (Wildman–Crippen MR) is 85.5 cm³/mol. The van der Waals surface area contributed by atoms with Gasteiger partial charge >= 0.3 is 0 Å². The number of hydrogen-bond acceptors (Lipinski definition) is 2. The number of aromatic nitrogens is 3. The van der Waals surface area contributed by atoms with Gasteiger partial charge in [-0.15, -0.1) is 11.6 Å². The minimum Gasteiger partial charge on any atom is -0.311 e. The highest BCUT2D eigenvalue weighted by molar-refractivity contribution is 6.20. The van der Waals surface area contributed by atoms with Crippen molar-refractivity contribution in [3.8, 4) is 0 Å². The molecule has 0 N–H and O–H groups in total. The van der Waals surface area contributed by atoms with Crippen LogP contribution in [-0.2, 0) is 6.54 Å². The van der Waals surface area contributed by atoms with Crippen molar-refractivity contribution in [2.24, 2.45) is 17.8 Å². The molecule has 0 amide bonds. The summed E-state index contributed by atoms with van der Waals surface area (Å²) in [5, 5.41) is -0.0720. The Hall–Kier alpha value is -1.09. The molecule has 2 aliphatic carbocycles. The van der Waals surface area contributed by atoms with Crippen LogP contribution in [0, 0.1) is 24.7 Å². The summed E-state index contributed by atoms with van der Waals surface area (Å²) >= 11 is 6.39. The van der Waals surface area contributed by atoms with Gasteiger partial charge < -0.3 is 4.57 Å². The summed E-state index contributed by atoms with van der Waals surface area (Å²) in [4.78, 5) is 9.38. The number of nitrogens with zero attached hydrogens (tertiary/aromatic N) is 3. The lowest BCUT2D eigenvalue weighted by molar-refractivity contribution is 0.295. The van der Waals surface area contributed by atoms with Crippen LogP contribution in [0.2, 0.25) is 0 Å².